The highest BCUT2D eigenvalue weighted by molar-refractivity contribution is 5.89. The van der Waals surface area contributed by atoms with Crippen molar-refractivity contribution in [2.45, 2.75) is 32.6 Å². The Bertz CT molecular complexity index is 538. The van der Waals surface area contributed by atoms with Crippen molar-refractivity contribution in [1.82, 2.24) is 20.1 Å². The number of rotatable bonds is 5. The zero-order valence-corrected chi connectivity index (χ0v) is 10.8. The van der Waals surface area contributed by atoms with Gasteiger partial charge in [0.05, 0.1) is 6.20 Å². The van der Waals surface area contributed by atoms with Crippen molar-refractivity contribution in [2.75, 3.05) is 5.32 Å². The van der Waals surface area contributed by atoms with Crippen molar-refractivity contribution in [3.63, 3.8) is 0 Å². The highest BCUT2D eigenvalue weighted by atomic mass is 16.5. The summed E-state index contributed by atoms with van der Waals surface area (Å²) in [5.41, 5.74) is 0. The largest absolute Gasteiger partial charge is 0.339 e. The number of aromatic nitrogens is 4. The predicted octanol–water partition coefficient (Wildman–Crippen LogP) is 1.55. The third-order valence-electron chi connectivity index (χ3n) is 2.40. The quantitative estimate of drug-likeness (QED) is 0.877. The molecule has 100 valence electrons. The molecular weight excluding hydrogens is 246 g/mol. The fourth-order valence-corrected chi connectivity index (χ4v) is 1.39. The minimum Gasteiger partial charge on any atom is -0.339 e. The van der Waals surface area contributed by atoms with E-state index in [-0.39, 0.29) is 18.2 Å². The topological polar surface area (TPSA) is 93.8 Å². The van der Waals surface area contributed by atoms with Crippen molar-refractivity contribution in [2.24, 2.45) is 0 Å². The number of hydrogen-bond donors (Lipinski definition) is 1. The summed E-state index contributed by atoms with van der Waals surface area (Å²) in [7, 11) is 0. The summed E-state index contributed by atoms with van der Waals surface area (Å²) in [6.07, 6.45) is 5.22. The molecule has 19 heavy (non-hydrogen) atoms. The summed E-state index contributed by atoms with van der Waals surface area (Å²) < 4.78 is 5.06. The van der Waals surface area contributed by atoms with Crippen LogP contribution in [0.3, 0.4) is 0 Å². The van der Waals surface area contributed by atoms with E-state index < -0.39 is 0 Å². The van der Waals surface area contributed by atoms with E-state index in [1.54, 1.807) is 6.20 Å². The Kier molecular flexibility index (Phi) is 4.17. The molecule has 0 saturated carbocycles. The predicted molar refractivity (Wildman–Crippen MR) is 67.4 cm³/mol. The molecule has 7 nitrogen and oxygen atoms in total. The summed E-state index contributed by atoms with van der Waals surface area (Å²) in [6, 6.07) is 0. The molecule has 0 spiro atoms. The fourth-order valence-electron chi connectivity index (χ4n) is 1.39. The van der Waals surface area contributed by atoms with Crippen molar-refractivity contribution in [1.29, 1.82) is 0 Å². The Hall–Kier alpha value is -2.31. The zero-order chi connectivity index (χ0) is 13.7. The molecule has 0 aliphatic rings. The smallest absolute Gasteiger partial charge is 0.227 e. The number of hydrogen-bond acceptors (Lipinski definition) is 6. The monoisotopic (exact) mass is 261 g/mol. The summed E-state index contributed by atoms with van der Waals surface area (Å²) in [4.78, 5) is 23.7. The first-order valence-corrected chi connectivity index (χ1v) is 6.03. The lowest BCUT2D eigenvalue weighted by atomic mass is 10.2. The zero-order valence-electron chi connectivity index (χ0n) is 10.8. The SMILES string of the molecule is CC(C)c1noc(CCC(=O)Nc2cnccn2)n1. The standard InChI is InChI=1S/C12H15N5O2/c1-8(2)12-16-11(19-17-12)4-3-10(18)15-9-7-13-5-6-14-9/h5-8H,3-4H2,1-2H3,(H,14,15,18). The Morgan fingerprint density at radius 2 is 2.26 bits per heavy atom. The molecule has 7 heteroatoms. The van der Waals surface area contributed by atoms with Crippen molar-refractivity contribution in [3.8, 4) is 0 Å². The third kappa shape index (κ3) is 3.84. The maximum atomic E-state index is 11.7. The van der Waals surface area contributed by atoms with Gasteiger partial charge in [0.25, 0.3) is 0 Å². The molecule has 1 N–H and O–H groups in total. The second kappa shape index (κ2) is 6.03. The van der Waals surface area contributed by atoms with Crippen LogP contribution < -0.4 is 5.32 Å². The maximum Gasteiger partial charge on any atom is 0.227 e. The molecule has 0 aliphatic carbocycles. The molecule has 0 aromatic carbocycles. The van der Waals surface area contributed by atoms with Gasteiger partial charge in [0.2, 0.25) is 11.8 Å². The van der Waals surface area contributed by atoms with Gasteiger partial charge in [-0.25, -0.2) is 4.98 Å². The number of nitrogens with zero attached hydrogens (tertiary/aromatic N) is 4. The van der Waals surface area contributed by atoms with Gasteiger partial charge >= 0.3 is 0 Å². The number of anilines is 1. The first-order chi connectivity index (χ1) is 9.15. The average molecular weight is 261 g/mol. The van der Waals surface area contributed by atoms with Crippen LogP contribution in [0.5, 0.6) is 0 Å². The van der Waals surface area contributed by atoms with E-state index in [0.717, 1.165) is 0 Å². The number of carbonyl (C=O) groups excluding carboxylic acids is 1. The lowest BCUT2D eigenvalue weighted by Gasteiger charge is -2.01. The number of nitrogens with one attached hydrogen (secondary N) is 1. The van der Waals surface area contributed by atoms with Gasteiger partial charge in [-0.05, 0) is 0 Å². The Balaban J connectivity index is 1.83. The number of carbonyl (C=O) groups is 1. The summed E-state index contributed by atoms with van der Waals surface area (Å²) in [5.74, 6) is 1.61. The summed E-state index contributed by atoms with van der Waals surface area (Å²) in [6.45, 7) is 3.96. The fraction of sp³-hybridized carbons (Fsp3) is 0.417. The van der Waals surface area contributed by atoms with Crippen LogP contribution in [0.1, 0.15) is 37.9 Å². The van der Waals surface area contributed by atoms with E-state index in [9.17, 15) is 4.79 Å². The van der Waals surface area contributed by atoms with Gasteiger partial charge in [-0.15, -0.1) is 0 Å². The van der Waals surface area contributed by atoms with Crippen molar-refractivity contribution < 1.29 is 9.32 Å². The maximum absolute atomic E-state index is 11.7. The Labute approximate surface area is 110 Å². The molecule has 0 fully saturated rings. The molecular formula is C12H15N5O2. The molecule has 0 saturated heterocycles. The first-order valence-electron chi connectivity index (χ1n) is 6.03. The van der Waals surface area contributed by atoms with Gasteiger partial charge in [-0.3, -0.25) is 9.78 Å². The van der Waals surface area contributed by atoms with Crippen LogP contribution in [-0.2, 0) is 11.2 Å². The molecule has 2 heterocycles. The Morgan fingerprint density at radius 1 is 1.42 bits per heavy atom. The van der Waals surface area contributed by atoms with Crippen LogP contribution in [-0.4, -0.2) is 26.0 Å². The second-order valence-corrected chi connectivity index (χ2v) is 4.34. The van der Waals surface area contributed by atoms with E-state index >= 15 is 0 Å². The molecule has 0 atom stereocenters. The minimum atomic E-state index is -0.162. The highest BCUT2D eigenvalue weighted by Crippen LogP contribution is 2.10. The second-order valence-electron chi connectivity index (χ2n) is 4.34. The third-order valence-corrected chi connectivity index (χ3v) is 2.40. The van der Waals surface area contributed by atoms with Gasteiger partial charge in [0.1, 0.15) is 0 Å². The Morgan fingerprint density at radius 3 is 2.89 bits per heavy atom. The van der Waals surface area contributed by atoms with Crippen LogP contribution >= 0.6 is 0 Å². The van der Waals surface area contributed by atoms with E-state index in [1.165, 1.54) is 12.4 Å². The number of amides is 1. The van der Waals surface area contributed by atoms with Crippen LogP contribution in [0.25, 0.3) is 0 Å². The van der Waals surface area contributed by atoms with Gasteiger partial charge in [0.15, 0.2) is 11.6 Å². The lowest BCUT2D eigenvalue weighted by Crippen LogP contribution is -2.13. The van der Waals surface area contributed by atoms with Gasteiger partial charge in [-0.1, -0.05) is 19.0 Å². The van der Waals surface area contributed by atoms with Crippen LogP contribution in [0.15, 0.2) is 23.1 Å². The van der Waals surface area contributed by atoms with E-state index in [0.29, 0.717) is 24.0 Å². The van der Waals surface area contributed by atoms with Gasteiger partial charge in [0, 0.05) is 31.2 Å². The molecule has 1 amide bonds. The summed E-state index contributed by atoms with van der Waals surface area (Å²) >= 11 is 0. The lowest BCUT2D eigenvalue weighted by molar-refractivity contribution is -0.116. The molecule has 2 aromatic heterocycles. The van der Waals surface area contributed by atoms with E-state index in [2.05, 4.69) is 25.4 Å². The normalized spacial score (nSPS) is 10.7. The molecule has 2 aromatic rings. The highest BCUT2D eigenvalue weighted by Gasteiger charge is 2.11. The first kappa shape index (κ1) is 13.1. The minimum absolute atomic E-state index is 0.162. The van der Waals surface area contributed by atoms with Crippen LogP contribution in [0.2, 0.25) is 0 Å². The molecule has 2 rings (SSSR count). The molecule has 0 bridgehead atoms. The average Bonchev–Trinajstić information content (AvgIpc) is 2.86. The van der Waals surface area contributed by atoms with Gasteiger partial charge in [-0.2, -0.15) is 4.98 Å². The molecule has 0 unspecified atom stereocenters. The van der Waals surface area contributed by atoms with E-state index in [1.807, 2.05) is 13.8 Å². The molecule has 0 radical (unpaired) electrons. The van der Waals surface area contributed by atoms with Crippen molar-refractivity contribution >= 4 is 11.7 Å². The van der Waals surface area contributed by atoms with E-state index in [4.69, 9.17) is 4.52 Å². The van der Waals surface area contributed by atoms with Crippen molar-refractivity contribution in [3.05, 3.63) is 30.3 Å². The van der Waals surface area contributed by atoms with Crippen LogP contribution in [0, 0.1) is 0 Å². The van der Waals surface area contributed by atoms with Gasteiger partial charge < -0.3 is 9.84 Å². The summed E-state index contributed by atoms with van der Waals surface area (Å²) in [5, 5.41) is 6.48. The number of aryl methyl sites for hydroxylation is 1. The molecule has 0 aliphatic heterocycles. The van der Waals surface area contributed by atoms with Crippen LogP contribution in [0.4, 0.5) is 5.82 Å².